The van der Waals surface area contributed by atoms with Gasteiger partial charge in [0.05, 0.1) is 6.33 Å². The van der Waals surface area contributed by atoms with Crippen LogP contribution in [0.3, 0.4) is 0 Å². The normalized spacial score (nSPS) is 9.20. The third-order valence-electron chi connectivity index (χ3n) is 2.15. The average molecular weight is 208 g/mol. The van der Waals surface area contributed by atoms with Crippen molar-refractivity contribution in [1.29, 1.82) is 0 Å². The van der Waals surface area contributed by atoms with E-state index in [0.717, 1.165) is 0 Å². The molecule has 0 saturated carbocycles. The van der Waals surface area contributed by atoms with E-state index in [4.69, 9.17) is 0 Å². The van der Waals surface area contributed by atoms with Crippen molar-refractivity contribution in [2.75, 3.05) is 0 Å². The summed E-state index contributed by atoms with van der Waals surface area (Å²) in [6.45, 7) is 5.92. The highest BCUT2D eigenvalue weighted by Gasteiger charge is 1.84. The Morgan fingerprint density at radius 1 is 1.27 bits per heavy atom. The standard InChI is InChI=1S/C9H18.C4H6N2/c1-3-5-7-9-8-6-4-2;1-6-3-2-5-4-6/h3H,1,4-9H2,2H3;2-4H,1H3. The van der Waals surface area contributed by atoms with Crippen molar-refractivity contribution in [3.63, 3.8) is 0 Å². The molecule has 0 saturated heterocycles. The summed E-state index contributed by atoms with van der Waals surface area (Å²) in [7, 11) is 1.94. The third kappa shape index (κ3) is 10.9. The number of imidazole rings is 1. The minimum atomic E-state index is 1.20. The second-order valence-electron chi connectivity index (χ2n) is 3.72. The largest absolute Gasteiger partial charge is 0.341 e. The Labute approximate surface area is 94.0 Å². The molecule has 0 aliphatic rings. The molecule has 15 heavy (non-hydrogen) atoms. The van der Waals surface area contributed by atoms with Crippen LogP contribution in [-0.4, -0.2) is 9.55 Å². The van der Waals surface area contributed by atoms with E-state index in [9.17, 15) is 0 Å². The van der Waals surface area contributed by atoms with Crippen molar-refractivity contribution in [3.05, 3.63) is 31.4 Å². The Kier molecular flexibility index (Phi) is 10.3. The van der Waals surface area contributed by atoms with Crippen LogP contribution >= 0.6 is 0 Å². The van der Waals surface area contributed by atoms with Crippen LogP contribution in [0.15, 0.2) is 31.4 Å². The van der Waals surface area contributed by atoms with Crippen molar-refractivity contribution < 1.29 is 0 Å². The third-order valence-corrected chi connectivity index (χ3v) is 2.15. The SMILES string of the molecule is C=CCCCCCCC.Cn1ccnc1. The fourth-order valence-electron chi connectivity index (χ4n) is 1.22. The first-order chi connectivity index (χ1) is 7.31. The van der Waals surface area contributed by atoms with Gasteiger partial charge in [-0.25, -0.2) is 4.98 Å². The molecule has 0 N–H and O–H groups in total. The zero-order chi connectivity index (χ0) is 11.4. The highest BCUT2D eigenvalue weighted by Crippen LogP contribution is 2.04. The molecule has 0 atom stereocenters. The van der Waals surface area contributed by atoms with E-state index in [0.29, 0.717) is 0 Å². The molecule has 2 heteroatoms. The molecule has 0 spiro atoms. The van der Waals surface area contributed by atoms with Crippen LogP contribution in [0, 0.1) is 0 Å². The average Bonchev–Trinajstić information content (AvgIpc) is 2.70. The number of hydrogen-bond acceptors (Lipinski definition) is 1. The van der Waals surface area contributed by atoms with Crippen LogP contribution in [0.5, 0.6) is 0 Å². The molecular weight excluding hydrogens is 184 g/mol. The van der Waals surface area contributed by atoms with Gasteiger partial charge >= 0.3 is 0 Å². The van der Waals surface area contributed by atoms with Crippen molar-refractivity contribution in [2.24, 2.45) is 7.05 Å². The molecule has 1 heterocycles. The number of hydrogen-bond donors (Lipinski definition) is 0. The summed E-state index contributed by atoms with van der Waals surface area (Å²) in [6, 6.07) is 0. The van der Waals surface area contributed by atoms with Crippen LogP contribution in [0.25, 0.3) is 0 Å². The lowest BCUT2D eigenvalue weighted by Gasteiger charge is -1.94. The maximum atomic E-state index is 3.78. The Hall–Kier alpha value is -1.05. The van der Waals surface area contributed by atoms with Gasteiger partial charge in [-0.3, -0.25) is 0 Å². The number of nitrogens with zero attached hydrogens (tertiary/aromatic N) is 2. The molecule has 0 aromatic carbocycles. The van der Waals surface area contributed by atoms with Crippen molar-refractivity contribution in [1.82, 2.24) is 9.55 Å². The Bertz CT molecular complexity index is 214. The summed E-state index contributed by atoms with van der Waals surface area (Å²) in [5.41, 5.74) is 0. The monoisotopic (exact) mass is 208 g/mol. The van der Waals surface area contributed by atoms with Crippen molar-refractivity contribution in [3.8, 4) is 0 Å². The summed E-state index contributed by atoms with van der Waals surface area (Å²) < 4.78 is 1.89. The van der Waals surface area contributed by atoms with Crippen LogP contribution < -0.4 is 0 Å². The highest BCUT2D eigenvalue weighted by molar-refractivity contribution is 4.70. The number of aromatic nitrogens is 2. The van der Waals surface area contributed by atoms with E-state index < -0.39 is 0 Å². The number of rotatable bonds is 6. The zero-order valence-electron chi connectivity index (χ0n) is 10.2. The van der Waals surface area contributed by atoms with E-state index >= 15 is 0 Å². The lowest BCUT2D eigenvalue weighted by molar-refractivity contribution is 0.638. The molecule has 2 nitrogen and oxygen atoms in total. The zero-order valence-corrected chi connectivity index (χ0v) is 10.2. The topological polar surface area (TPSA) is 17.8 Å². The van der Waals surface area contributed by atoms with Crippen LogP contribution in [0.1, 0.15) is 45.4 Å². The smallest absolute Gasteiger partial charge is 0.0943 e. The first-order valence-electron chi connectivity index (χ1n) is 5.84. The number of unbranched alkanes of at least 4 members (excludes halogenated alkanes) is 5. The molecule has 1 aromatic heterocycles. The van der Waals surface area contributed by atoms with E-state index in [1.807, 2.05) is 23.9 Å². The minimum absolute atomic E-state index is 1.20. The molecule has 86 valence electrons. The summed E-state index contributed by atoms with van der Waals surface area (Å²) in [6.07, 6.45) is 15.5. The fraction of sp³-hybridized carbons (Fsp3) is 0.615. The quantitative estimate of drug-likeness (QED) is 0.511. The van der Waals surface area contributed by atoms with Crippen molar-refractivity contribution in [2.45, 2.75) is 45.4 Å². The van der Waals surface area contributed by atoms with E-state index in [1.54, 1.807) is 12.5 Å². The van der Waals surface area contributed by atoms with Gasteiger partial charge in [-0.05, 0) is 12.8 Å². The highest BCUT2D eigenvalue weighted by atomic mass is 15.0. The molecular formula is C13H24N2. The van der Waals surface area contributed by atoms with Gasteiger partial charge in [0, 0.05) is 19.4 Å². The van der Waals surface area contributed by atoms with Gasteiger partial charge in [-0.1, -0.05) is 38.7 Å². The predicted molar refractivity (Wildman–Crippen MR) is 66.8 cm³/mol. The second kappa shape index (κ2) is 11.0. The van der Waals surface area contributed by atoms with Crippen LogP contribution in [0.4, 0.5) is 0 Å². The predicted octanol–water partition coefficient (Wildman–Crippen LogP) is 3.95. The van der Waals surface area contributed by atoms with Crippen molar-refractivity contribution >= 4 is 0 Å². The van der Waals surface area contributed by atoms with Gasteiger partial charge in [0.2, 0.25) is 0 Å². The van der Waals surface area contributed by atoms with Gasteiger partial charge in [-0.15, -0.1) is 6.58 Å². The molecule has 0 aliphatic carbocycles. The molecule has 0 amide bonds. The van der Waals surface area contributed by atoms with Gasteiger partial charge in [0.1, 0.15) is 0 Å². The molecule has 1 rings (SSSR count). The molecule has 0 aliphatic heterocycles. The Morgan fingerprint density at radius 3 is 2.40 bits per heavy atom. The molecule has 0 unspecified atom stereocenters. The van der Waals surface area contributed by atoms with E-state index in [-0.39, 0.29) is 0 Å². The second-order valence-corrected chi connectivity index (χ2v) is 3.72. The summed E-state index contributed by atoms with van der Waals surface area (Å²) in [5, 5.41) is 0. The summed E-state index contributed by atoms with van der Waals surface area (Å²) in [4.78, 5) is 3.78. The summed E-state index contributed by atoms with van der Waals surface area (Å²) >= 11 is 0. The molecule has 0 bridgehead atoms. The molecule has 0 fully saturated rings. The Morgan fingerprint density at radius 2 is 2.00 bits per heavy atom. The lowest BCUT2D eigenvalue weighted by atomic mass is 10.1. The first-order valence-corrected chi connectivity index (χ1v) is 5.84. The van der Waals surface area contributed by atoms with Crippen LogP contribution in [0.2, 0.25) is 0 Å². The number of allylic oxidation sites excluding steroid dienone is 1. The van der Waals surface area contributed by atoms with Gasteiger partial charge < -0.3 is 4.57 Å². The summed E-state index contributed by atoms with van der Waals surface area (Å²) in [5.74, 6) is 0. The molecule has 1 aromatic rings. The Balaban J connectivity index is 0.000000280. The van der Waals surface area contributed by atoms with E-state index in [1.165, 1.54) is 38.5 Å². The minimum Gasteiger partial charge on any atom is -0.341 e. The van der Waals surface area contributed by atoms with Gasteiger partial charge in [-0.2, -0.15) is 0 Å². The van der Waals surface area contributed by atoms with E-state index in [2.05, 4.69) is 18.5 Å². The fourth-order valence-corrected chi connectivity index (χ4v) is 1.22. The van der Waals surface area contributed by atoms with Gasteiger partial charge in [0.25, 0.3) is 0 Å². The number of aryl methyl sites for hydroxylation is 1. The maximum absolute atomic E-state index is 3.78. The maximum Gasteiger partial charge on any atom is 0.0943 e. The molecule has 0 radical (unpaired) electrons. The lowest BCUT2D eigenvalue weighted by Crippen LogP contribution is -1.76. The van der Waals surface area contributed by atoms with Gasteiger partial charge in [0.15, 0.2) is 0 Å². The first kappa shape index (κ1) is 13.9. The van der Waals surface area contributed by atoms with Crippen LogP contribution in [-0.2, 0) is 7.05 Å².